The molecule has 2 aliphatic rings. The smallest absolute Gasteiger partial charge is 0.250 e. The second kappa shape index (κ2) is 10.7. The van der Waals surface area contributed by atoms with Gasteiger partial charge < -0.3 is 30.0 Å². The molecule has 8 heteroatoms. The highest BCUT2D eigenvalue weighted by Crippen LogP contribution is 2.19. The summed E-state index contributed by atoms with van der Waals surface area (Å²) in [4.78, 5) is 19.0. The molecule has 2 fully saturated rings. The van der Waals surface area contributed by atoms with Crippen LogP contribution in [-0.4, -0.2) is 59.9 Å². The van der Waals surface area contributed by atoms with E-state index in [9.17, 15) is 4.79 Å². The lowest BCUT2D eigenvalue weighted by Crippen LogP contribution is -2.43. The lowest BCUT2D eigenvalue weighted by molar-refractivity contribution is 0.0591. The van der Waals surface area contributed by atoms with Crippen LogP contribution < -0.4 is 16.6 Å². The Labute approximate surface area is 194 Å². The fourth-order valence-electron chi connectivity index (χ4n) is 4.43. The summed E-state index contributed by atoms with van der Waals surface area (Å²) in [5.74, 6) is 1.21. The minimum absolute atomic E-state index is 0.00119. The van der Waals surface area contributed by atoms with Crippen molar-refractivity contribution in [1.82, 2.24) is 19.8 Å². The fourth-order valence-corrected chi connectivity index (χ4v) is 4.43. The van der Waals surface area contributed by atoms with Gasteiger partial charge >= 0.3 is 0 Å². The molecule has 2 saturated heterocycles. The molecule has 0 bridgehead atoms. The van der Waals surface area contributed by atoms with Gasteiger partial charge in [0.05, 0.1) is 11.0 Å². The monoisotopic (exact) mass is 451 g/mol. The molecule has 0 aliphatic carbocycles. The van der Waals surface area contributed by atoms with Gasteiger partial charge in [0, 0.05) is 44.6 Å². The van der Waals surface area contributed by atoms with Gasteiger partial charge in [-0.1, -0.05) is 6.58 Å². The SMILES string of the molecule is C=C(/C=C1/OCCO/C1=C/N)CNC1CCN(CCc2ccnc3ccc(=O)n(C)c23)CC1. The molecule has 0 unspecified atom stereocenters. The van der Waals surface area contributed by atoms with Crippen molar-refractivity contribution in [3.63, 3.8) is 0 Å². The molecule has 2 aromatic heterocycles. The second-order valence-corrected chi connectivity index (χ2v) is 8.58. The topological polar surface area (TPSA) is 94.6 Å². The molecule has 176 valence electrons. The number of nitrogens with one attached hydrogen (secondary N) is 1. The third-order valence-electron chi connectivity index (χ3n) is 6.32. The summed E-state index contributed by atoms with van der Waals surface area (Å²) in [5.41, 5.74) is 9.51. The van der Waals surface area contributed by atoms with Crippen molar-refractivity contribution in [3.05, 3.63) is 76.3 Å². The zero-order valence-electron chi connectivity index (χ0n) is 19.3. The molecule has 0 atom stereocenters. The molecule has 2 aliphatic heterocycles. The summed E-state index contributed by atoms with van der Waals surface area (Å²) in [5, 5.41) is 3.61. The molecule has 3 N–H and O–H groups in total. The standard InChI is InChI=1S/C25H33N5O3/c1-18(15-22-23(16-26)33-14-13-32-22)17-28-20-7-11-30(12-8-20)10-6-19-5-9-27-21-3-4-24(31)29(2)25(19)21/h3-5,9,15-16,20,28H,1,6-8,10-14,17,26H2,2H3/b22-15+,23-16+. The molecule has 0 saturated carbocycles. The number of hydrogen-bond donors (Lipinski definition) is 2. The zero-order chi connectivity index (χ0) is 23.2. The van der Waals surface area contributed by atoms with Crippen LogP contribution in [-0.2, 0) is 22.9 Å². The van der Waals surface area contributed by atoms with Crippen LogP contribution in [0, 0.1) is 0 Å². The first kappa shape index (κ1) is 23.1. The molecule has 2 aromatic rings. The summed E-state index contributed by atoms with van der Waals surface area (Å²) in [6.45, 7) is 8.93. The first-order valence-corrected chi connectivity index (χ1v) is 11.5. The maximum atomic E-state index is 12.1. The Hall–Kier alpha value is -3.10. The molecular weight excluding hydrogens is 418 g/mol. The van der Waals surface area contributed by atoms with Crippen molar-refractivity contribution in [2.24, 2.45) is 12.8 Å². The molecule has 4 rings (SSSR count). The number of aromatic nitrogens is 2. The number of hydrogen-bond acceptors (Lipinski definition) is 7. The Bertz CT molecular complexity index is 1110. The molecule has 8 nitrogen and oxygen atoms in total. The number of nitrogens with zero attached hydrogens (tertiary/aromatic N) is 3. The van der Waals surface area contributed by atoms with Gasteiger partial charge in [-0.25, -0.2) is 0 Å². The number of ether oxygens (including phenoxy) is 2. The van der Waals surface area contributed by atoms with Gasteiger partial charge in [0.25, 0.3) is 5.56 Å². The van der Waals surface area contributed by atoms with Gasteiger partial charge in [-0.05, 0) is 61.7 Å². The molecule has 0 radical (unpaired) electrons. The molecule has 0 spiro atoms. The third kappa shape index (κ3) is 5.64. The maximum absolute atomic E-state index is 12.1. The highest BCUT2D eigenvalue weighted by molar-refractivity contribution is 5.78. The minimum Gasteiger partial charge on any atom is -0.486 e. The minimum atomic E-state index is -0.00119. The summed E-state index contributed by atoms with van der Waals surface area (Å²) in [7, 11) is 1.82. The Morgan fingerprint density at radius 2 is 2.00 bits per heavy atom. The number of nitrogens with two attached hydrogens (primary N) is 1. The largest absolute Gasteiger partial charge is 0.486 e. The molecule has 0 amide bonds. The molecular formula is C25H33N5O3. The lowest BCUT2D eigenvalue weighted by atomic mass is 10.0. The van der Waals surface area contributed by atoms with E-state index in [2.05, 4.69) is 21.8 Å². The number of pyridine rings is 2. The van der Waals surface area contributed by atoms with E-state index in [0.717, 1.165) is 55.5 Å². The van der Waals surface area contributed by atoms with E-state index < -0.39 is 0 Å². The molecule has 33 heavy (non-hydrogen) atoms. The van der Waals surface area contributed by atoms with Crippen LogP contribution in [0.2, 0.25) is 0 Å². The van der Waals surface area contributed by atoms with Gasteiger partial charge in [-0.15, -0.1) is 0 Å². The van der Waals surface area contributed by atoms with E-state index in [-0.39, 0.29) is 5.56 Å². The average Bonchev–Trinajstić information content (AvgIpc) is 2.84. The lowest BCUT2D eigenvalue weighted by Gasteiger charge is -2.32. The highest BCUT2D eigenvalue weighted by Gasteiger charge is 2.20. The summed E-state index contributed by atoms with van der Waals surface area (Å²) < 4.78 is 12.8. The van der Waals surface area contributed by atoms with Crippen molar-refractivity contribution in [2.45, 2.75) is 25.3 Å². The number of piperidine rings is 1. The number of aryl methyl sites for hydroxylation is 1. The average molecular weight is 452 g/mol. The second-order valence-electron chi connectivity index (χ2n) is 8.58. The predicted octanol–water partition coefficient (Wildman–Crippen LogP) is 1.82. The van der Waals surface area contributed by atoms with Crippen LogP contribution in [0.1, 0.15) is 18.4 Å². The first-order chi connectivity index (χ1) is 16.0. The van der Waals surface area contributed by atoms with Gasteiger partial charge in [0.2, 0.25) is 0 Å². The van der Waals surface area contributed by atoms with Crippen molar-refractivity contribution in [3.8, 4) is 0 Å². The van der Waals surface area contributed by atoms with Crippen LogP contribution >= 0.6 is 0 Å². The Morgan fingerprint density at radius 3 is 2.76 bits per heavy atom. The van der Waals surface area contributed by atoms with Crippen molar-refractivity contribution in [1.29, 1.82) is 0 Å². The van der Waals surface area contributed by atoms with Gasteiger partial charge in [-0.2, -0.15) is 0 Å². The highest BCUT2D eigenvalue weighted by atomic mass is 16.6. The van der Waals surface area contributed by atoms with E-state index in [1.807, 2.05) is 31.5 Å². The van der Waals surface area contributed by atoms with Crippen LogP contribution in [0.15, 0.2) is 65.1 Å². The number of fused-ring (bicyclic) bond motifs is 1. The quantitative estimate of drug-likeness (QED) is 0.663. The Morgan fingerprint density at radius 1 is 1.24 bits per heavy atom. The molecule has 4 heterocycles. The van der Waals surface area contributed by atoms with Gasteiger partial charge in [0.1, 0.15) is 13.2 Å². The third-order valence-corrected chi connectivity index (χ3v) is 6.32. The van der Waals surface area contributed by atoms with Crippen LogP contribution in [0.3, 0.4) is 0 Å². The van der Waals surface area contributed by atoms with E-state index in [1.165, 1.54) is 11.8 Å². The first-order valence-electron chi connectivity index (χ1n) is 11.5. The van der Waals surface area contributed by atoms with Crippen molar-refractivity contribution >= 4 is 11.0 Å². The maximum Gasteiger partial charge on any atom is 0.250 e. The Kier molecular flexibility index (Phi) is 7.47. The zero-order valence-corrected chi connectivity index (χ0v) is 19.3. The predicted molar refractivity (Wildman–Crippen MR) is 130 cm³/mol. The van der Waals surface area contributed by atoms with Crippen LogP contribution in [0.25, 0.3) is 11.0 Å². The number of rotatable bonds is 7. The van der Waals surface area contributed by atoms with E-state index in [0.29, 0.717) is 37.3 Å². The fraction of sp³-hybridized carbons (Fsp3) is 0.440. The summed E-state index contributed by atoms with van der Waals surface area (Å²) >= 11 is 0. The Balaban J connectivity index is 1.25. The summed E-state index contributed by atoms with van der Waals surface area (Å²) in [6, 6.07) is 5.88. The van der Waals surface area contributed by atoms with Crippen molar-refractivity contribution < 1.29 is 9.47 Å². The van der Waals surface area contributed by atoms with Gasteiger partial charge in [-0.3, -0.25) is 9.78 Å². The van der Waals surface area contributed by atoms with Crippen molar-refractivity contribution in [2.75, 3.05) is 39.4 Å². The normalized spacial score (nSPS) is 20.2. The van der Waals surface area contributed by atoms with E-state index in [4.69, 9.17) is 15.2 Å². The van der Waals surface area contributed by atoms with E-state index in [1.54, 1.807) is 10.6 Å². The summed E-state index contributed by atoms with van der Waals surface area (Å²) in [6.07, 6.45) is 8.23. The number of likely N-dealkylation sites (tertiary alicyclic amines) is 1. The van der Waals surface area contributed by atoms with E-state index >= 15 is 0 Å². The van der Waals surface area contributed by atoms with Crippen LogP contribution in [0.5, 0.6) is 0 Å². The molecule has 0 aromatic carbocycles. The van der Waals surface area contributed by atoms with Gasteiger partial charge in [0.15, 0.2) is 11.5 Å². The van der Waals surface area contributed by atoms with Crippen LogP contribution in [0.4, 0.5) is 0 Å².